The Balaban J connectivity index is 2.41. The van der Waals surface area contributed by atoms with E-state index in [1.165, 1.54) is 7.11 Å². The van der Waals surface area contributed by atoms with E-state index in [-0.39, 0.29) is 32.1 Å². The van der Waals surface area contributed by atoms with E-state index in [4.69, 9.17) is 24.3 Å². The maximum atomic E-state index is 12.6. The summed E-state index contributed by atoms with van der Waals surface area (Å²) >= 11 is 0. The molecule has 0 unspecified atom stereocenters. The highest BCUT2D eigenvalue weighted by molar-refractivity contribution is 6.06. The number of benzene rings is 1. The molecular formula is C21H26N2O6. The molecule has 0 radical (unpaired) electrons. The van der Waals surface area contributed by atoms with Crippen LogP contribution in [-0.4, -0.2) is 43.9 Å². The fourth-order valence-electron chi connectivity index (χ4n) is 3.04. The van der Waals surface area contributed by atoms with Crippen LogP contribution in [0.25, 0.3) is 11.0 Å². The van der Waals surface area contributed by atoms with Crippen molar-refractivity contribution in [1.82, 2.24) is 5.32 Å². The number of rotatable bonds is 11. The Labute approximate surface area is 169 Å². The molecule has 156 valence electrons. The van der Waals surface area contributed by atoms with E-state index in [2.05, 4.69) is 11.4 Å². The van der Waals surface area contributed by atoms with Gasteiger partial charge in [-0.15, -0.1) is 0 Å². The predicted molar refractivity (Wildman–Crippen MR) is 106 cm³/mol. The van der Waals surface area contributed by atoms with Crippen molar-refractivity contribution in [2.45, 2.75) is 39.0 Å². The lowest BCUT2D eigenvalue weighted by Crippen LogP contribution is -2.26. The van der Waals surface area contributed by atoms with Gasteiger partial charge in [0.25, 0.3) is 0 Å². The van der Waals surface area contributed by atoms with Crippen LogP contribution in [0.15, 0.2) is 16.5 Å². The number of amides is 1. The zero-order valence-corrected chi connectivity index (χ0v) is 16.7. The second kappa shape index (κ2) is 11.1. The molecule has 1 amide bonds. The SMILES string of the molecule is CCOC(=O)c1c(CCCC#N)oc2c(OC)cc(CCC(=O)NCCO)cc12. The largest absolute Gasteiger partial charge is 0.493 e. The zero-order valence-electron chi connectivity index (χ0n) is 16.7. The molecule has 2 N–H and O–H groups in total. The molecule has 1 heterocycles. The number of carbonyl (C=O) groups excluding carboxylic acids is 2. The smallest absolute Gasteiger partial charge is 0.342 e. The first-order chi connectivity index (χ1) is 14.0. The van der Waals surface area contributed by atoms with E-state index in [1.807, 2.05) is 0 Å². The number of furan rings is 1. The monoisotopic (exact) mass is 402 g/mol. The van der Waals surface area contributed by atoms with Gasteiger partial charge in [-0.1, -0.05) is 0 Å². The number of nitrogens with zero attached hydrogens (tertiary/aromatic N) is 1. The van der Waals surface area contributed by atoms with E-state index in [9.17, 15) is 9.59 Å². The minimum atomic E-state index is -0.488. The molecule has 8 nitrogen and oxygen atoms in total. The summed E-state index contributed by atoms with van der Waals surface area (Å²) in [6.45, 7) is 2.05. The van der Waals surface area contributed by atoms with Crippen molar-refractivity contribution in [1.29, 1.82) is 5.26 Å². The first-order valence-electron chi connectivity index (χ1n) is 9.59. The molecule has 0 atom stereocenters. The van der Waals surface area contributed by atoms with E-state index >= 15 is 0 Å². The van der Waals surface area contributed by atoms with Crippen LogP contribution < -0.4 is 10.1 Å². The zero-order chi connectivity index (χ0) is 21.2. The Hall–Kier alpha value is -3.05. The Bertz CT molecular complexity index is 897. The second-order valence-electron chi connectivity index (χ2n) is 6.38. The maximum Gasteiger partial charge on any atom is 0.342 e. The van der Waals surface area contributed by atoms with E-state index in [0.29, 0.717) is 53.7 Å². The van der Waals surface area contributed by atoms with Crippen LogP contribution in [0.3, 0.4) is 0 Å². The number of aliphatic hydroxyl groups excluding tert-OH is 1. The lowest BCUT2D eigenvalue weighted by molar-refractivity contribution is -0.121. The maximum absolute atomic E-state index is 12.6. The minimum absolute atomic E-state index is 0.113. The number of methoxy groups -OCH3 is 1. The van der Waals surface area contributed by atoms with Gasteiger partial charge in [-0.05, 0) is 37.5 Å². The van der Waals surface area contributed by atoms with E-state index in [0.717, 1.165) is 5.56 Å². The van der Waals surface area contributed by atoms with Crippen molar-refractivity contribution < 1.29 is 28.6 Å². The number of aryl methyl sites for hydroxylation is 2. The van der Waals surface area contributed by atoms with Crippen LogP contribution in [0.2, 0.25) is 0 Å². The average Bonchev–Trinajstić information content (AvgIpc) is 3.08. The summed E-state index contributed by atoms with van der Waals surface area (Å²) in [5.41, 5.74) is 1.59. The molecule has 0 bridgehead atoms. The van der Waals surface area contributed by atoms with Gasteiger partial charge < -0.3 is 24.3 Å². The Morgan fingerprint density at radius 3 is 2.76 bits per heavy atom. The van der Waals surface area contributed by atoms with Crippen molar-refractivity contribution in [3.8, 4) is 11.8 Å². The van der Waals surface area contributed by atoms with E-state index < -0.39 is 5.97 Å². The molecule has 2 rings (SSSR count). The number of esters is 1. The fourth-order valence-corrected chi connectivity index (χ4v) is 3.04. The number of nitriles is 1. The molecule has 1 aromatic heterocycles. The average molecular weight is 402 g/mol. The molecule has 0 saturated carbocycles. The first kappa shape index (κ1) is 22.2. The van der Waals surface area contributed by atoms with Gasteiger partial charge in [0, 0.05) is 31.2 Å². The highest BCUT2D eigenvalue weighted by Gasteiger charge is 2.24. The second-order valence-corrected chi connectivity index (χ2v) is 6.38. The van der Waals surface area contributed by atoms with Crippen LogP contribution in [-0.2, 0) is 22.4 Å². The molecule has 0 fully saturated rings. The lowest BCUT2D eigenvalue weighted by Gasteiger charge is -2.07. The third-order valence-electron chi connectivity index (χ3n) is 4.35. The van der Waals surface area contributed by atoms with Crippen molar-refractivity contribution in [3.63, 3.8) is 0 Å². The number of hydrogen-bond acceptors (Lipinski definition) is 7. The summed E-state index contributed by atoms with van der Waals surface area (Å²) in [7, 11) is 1.51. The van der Waals surface area contributed by atoms with Gasteiger partial charge in [0.1, 0.15) is 11.3 Å². The lowest BCUT2D eigenvalue weighted by atomic mass is 10.0. The van der Waals surface area contributed by atoms with Crippen LogP contribution >= 0.6 is 0 Å². The third kappa shape index (κ3) is 5.72. The Morgan fingerprint density at radius 1 is 1.31 bits per heavy atom. The van der Waals surface area contributed by atoms with Crippen LogP contribution in [0.1, 0.15) is 47.9 Å². The van der Waals surface area contributed by atoms with Gasteiger partial charge in [-0.3, -0.25) is 4.79 Å². The van der Waals surface area contributed by atoms with Gasteiger partial charge in [-0.25, -0.2) is 4.79 Å². The molecule has 8 heteroatoms. The van der Waals surface area contributed by atoms with Gasteiger partial charge in [0.15, 0.2) is 11.3 Å². The fraction of sp³-hybridized carbons (Fsp3) is 0.476. The van der Waals surface area contributed by atoms with Crippen molar-refractivity contribution in [3.05, 3.63) is 29.0 Å². The van der Waals surface area contributed by atoms with Crippen LogP contribution in [0.4, 0.5) is 0 Å². The standard InChI is InChI=1S/C21H26N2O6/c1-3-28-21(26)19-15-12-14(7-8-18(25)23-10-11-24)13-17(27-2)20(15)29-16(19)6-4-5-9-22/h12-13,24H,3-8,10-11H2,1-2H3,(H,23,25). The summed E-state index contributed by atoms with van der Waals surface area (Å²) < 4.78 is 16.6. The number of carbonyl (C=O) groups is 2. The van der Waals surface area contributed by atoms with E-state index in [1.54, 1.807) is 19.1 Å². The van der Waals surface area contributed by atoms with Gasteiger partial charge in [0.2, 0.25) is 5.91 Å². The van der Waals surface area contributed by atoms with Crippen molar-refractivity contribution >= 4 is 22.8 Å². The Morgan fingerprint density at radius 2 is 2.10 bits per heavy atom. The Kier molecular flexibility index (Phi) is 8.49. The van der Waals surface area contributed by atoms with Gasteiger partial charge >= 0.3 is 5.97 Å². The molecule has 2 aromatic rings. The van der Waals surface area contributed by atoms with Crippen LogP contribution in [0.5, 0.6) is 5.75 Å². The minimum Gasteiger partial charge on any atom is -0.493 e. The third-order valence-corrected chi connectivity index (χ3v) is 4.35. The van der Waals surface area contributed by atoms with Crippen LogP contribution in [0, 0.1) is 11.3 Å². The molecule has 0 saturated heterocycles. The van der Waals surface area contributed by atoms with Gasteiger partial charge in [-0.2, -0.15) is 5.26 Å². The molecule has 0 aliphatic heterocycles. The van der Waals surface area contributed by atoms with Crippen molar-refractivity contribution in [2.75, 3.05) is 26.9 Å². The first-order valence-corrected chi connectivity index (χ1v) is 9.59. The topological polar surface area (TPSA) is 122 Å². The molecular weight excluding hydrogens is 376 g/mol. The molecule has 29 heavy (non-hydrogen) atoms. The van der Waals surface area contributed by atoms with Crippen molar-refractivity contribution in [2.24, 2.45) is 0 Å². The summed E-state index contributed by atoms with van der Waals surface area (Å²) in [6, 6.07) is 5.67. The normalized spacial score (nSPS) is 10.6. The summed E-state index contributed by atoms with van der Waals surface area (Å²) in [6.07, 6.45) is 2.00. The summed E-state index contributed by atoms with van der Waals surface area (Å²) in [4.78, 5) is 24.4. The number of aliphatic hydroxyl groups is 1. The highest BCUT2D eigenvalue weighted by atomic mass is 16.5. The molecule has 0 spiro atoms. The molecule has 1 aromatic carbocycles. The molecule has 0 aliphatic carbocycles. The summed E-state index contributed by atoms with van der Waals surface area (Å²) in [5.74, 6) is 0.265. The number of fused-ring (bicyclic) bond motifs is 1. The summed E-state index contributed by atoms with van der Waals surface area (Å²) in [5, 5.41) is 20.8. The van der Waals surface area contributed by atoms with Gasteiger partial charge in [0.05, 0.1) is 26.4 Å². The highest BCUT2D eigenvalue weighted by Crippen LogP contribution is 2.35. The number of ether oxygens (including phenoxy) is 2. The molecule has 0 aliphatic rings. The quantitative estimate of drug-likeness (QED) is 0.437. The number of hydrogen-bond donors (Lipinski definition) is 2. The number of nitrogens with one attached hydrogen (secondary N) is 1. The predicted octanol–water partition coefficient (Wildman–Crippen LogP) is 2.51. The number of unbranched alkanes of at least 4 members (excludes halogenated alkanes) is 1.